The van der Waals surface area contributed by atoms with Gasteiger partial charge in [0.25, 0.3) is 5.91 Å². The zero-order chi connectivity index (χ0) is 17.3. The molecule has 1 heterocycles. The Balaban J connectivity index is 1.88. The fraction of sp³-hybridized carbons (Fsp3) is 0.0588. The predicted octanol–water partition coefficient (Wildman–Crippen LogP) is 4.90. The molecule has 122 valence electrons. The summed E-state index contributed by atoms with van der Waals surface area (Å²) in [5.74, 6) is -0.233. The van der Waals surface area contributed by atoms with Crippen molar-refractivity contribution in [1.29, 1.82) is 0 Å². The van der Waals surface area contributed by atoms with E-state index in [2.05, 4.69) is 10.3 Å². The van der Waals surface area contributed by atoms with Gasteiger partial charge in [0.1, 0.15) is 5.75 Å². The maximum atomic E-state index is 12.1. The Morgan fingerprint density at radius 1 is 1.21 bits per heavy atom. The molecule has 2 aromatic carbocycles. The number of rotatable bonds is 2. The zero-order valence-electron chi connectivity index (χ0n) is 12.5. The van der Waals surface area contributed by atoms with Gasteiger partial charge in [-0.25, -0.2) is 4.99 Å². The van der Waals surface area contributed by atoms with Crippen LogP contribution in [0.4, 0.5) is 5.69 Å². The lowest BCUT2D eigenvalue weighted by Crippen LogP contribution is -2.19. The number of amides is 1. The van der Waals surface area contributed by atoms with Gasteiger partial charge in [-0.05, 0) is 60.2 Å². The molecular formula is C17H12Cl2N2O2S. The van der Waals surface area contributed by atoms with E-state index >= 15 is 0 Å². The van der Waals surface area contributed by atoms with Crippen molar-refractivity contribution in [2.45, 2.75) is 6.92 Å². The van der Waals surface area contributed by atoms with Crippen LogP contribution in [0.25, 0.3) is 6.08 Å². The quantitative estimate of drug-likeness (QED) is 0.730. The van der Waals surface area contributed by atoms with E-state index in [0.29, 0.717) is 20.8 Å². The van der Waals surface area contributed by atoms with Crippen LogP contribution in [0.15, 0.2) is 46.3 Å². The number of nitrogens with zero attached hydrogens (tertiary/aromatic N) is 1. The minimum Gasteiger partial charge on any atom is -0.506 e. The zero-order valence-corrected chi connectivity index (χ0v) is 14.8. The molecule has 1 fully saturated rings. The number of thioether (sulfide) groups is 1. The van der Waals surface area contributed by atoms with Crippen LogP contribution in [0.3, 0.4) is 0 Å². The van der Waals surface area contributed by atoms with Gasteiger partial charge < -0.3 is 10.4 Å². The molecule has 0 saturated carbocycles. The number of carbonyl (C=O) groups excluding carboxylic acids is 1. The fourth-order valence-corrected chi connectivity index (χ4v) is 3.26. The molecule has 1 aliphatic heterocycles. The summed E-state index contributed by atoms with van der Waals surface area (Å²) in [7, 11) is 0. The van der Waals surface area contributed by atoms with Gasteiger partial charge in [-0.2, -0.15) is 0 Å². The molecule has 1 aliphatic rings. The van der Waals surface area contributed by atoms with E-state index in [1.165, 1.54) is 17.8 Å². The molecule has 1 saturated heterocycles. The van der Waals surface area contributed by atoms with Crippen molar-refractivity contribution in [2.24, 2.45) is 4.99 Å². The third-order valence-electron chi connectivity index (χ3n) is 3.38. The number of phenols is 1. The highest BCUT2D eigenvalue weighted by molar-refractivity contribution is 8.18. The molecule has 7 heteroatoms. The summed E-state index contributed by atoms with van der Waals surface area (Å²) in [6, 6.07) is 10.2. The standard InChI is InChI=1S/C17H12Cl2N2O2S/c1-9-11(18)3-2-4-13(9)20-17-21-16(23)15(24-17)8-10-5-6-14(22)12(19)7-10/h2-8,22H,1H3,(H,20,21,23)/b15-8-. The molecule has 0 atom stereocenters. The van der Waals surface area contributed by atoms with Crippen molar-refractivity contribution < 1.29 is 9.90 Å². The van der Waals surface area contributed by atoms with Gasteiger partial charge in [-0.1, -0.05) is 35.3 Å². The molecular weight excluding hydrogens is 367 g/mol. The molecule has 2 N–H and O–H groups in total. The van der Waals surface area contributed by atoms with Crippen LogP contribution in [0.5, 0.6) is 5.75 Å². The molecule has 2 aromatic rings. The smallest absolute Gasteiger partial charge is 0.264 e. The van der Waals surface area contributed by atoms with Crippen LogP contribution in [0, 0.1) is 6.92 Å². The Morgan fingerprint density at radius 2 is 2.00 bits per heavy atom. The van der Waals surface area contributed by atoms with Gasteiger partial charge in [0.2, 0.25) is 0 Å². The number of benzene rings is 2. The molecule has 0 aromatic heterocycles. The highest BCUT2D eigenvalue weighted by Crippen LogP contribution is 2.32. The number of carbonyl (C=O) groups is 1. The molecule has 1 amide bonds. The van der Waals surface area contributed by atoms with Crippen LogP contribution in [0.2, 0.25) is 10.0 Å². The lowest BCUT2D eigenvalue weighted by atomic mass is 10.2. The Hall–Kier alpha value is -1.95. The molecule has 3 rings (SSSR count). The molecule has 0 aliphatic carbocycles. The van der Waals surface area contributed by atoms with Crippen LogP contribution in [0.1, 0.15) is 11.1 Å². The van der Waals surface area contributed by atoms with Gasteiger partial charge in [0.05, 0.1) is 15.6 Å². The summed E-state index contributed by atoms with van der Waals surface area (Å²) < 4.78 is 0. The molecule has 0 spiro atoms. The van der Waals surface area contributed by atoms with Crippen molar-refractivity contribution in [3.8, 4) is 5.75 Å². The van der Waals surface area contributed by atoms with E-state index in [4.69, 9.17) is 23.2 Å². The number of phenolic OH excluding ortho intramolecular Hbond substituents is 1. The average molecular weight is 379 g/mol. The monoisotopic (exact) mass is 378 g/mol. The topological polar surface area (TPSA) is 61.7 Å². The first-order chi connectivity index (χ1) is 11.4. The lowest BCUT2D eigenvalue weighted by molar-refractivity contribution is -0.115. The maximum absolute atomic E-state index is 12.1. The van der Waals surface area contributed by atoms with E-state index < -0.39 is 0 Å². The summed E-state index contributed by atoms with van der Waals surface area (Å²) in [5.41, 5.74) is 2.28. The number of hydrogen-bond acceptors (Lipinski definition) is 4. The van der Waals surface area contributed by atoms with Crippen molar-refractivity contribution in [1.82, 2.24) is 5.32 Å². The second kappa shape index (κ2) is 6.89. The van der Waals surface area contributed by atoms with Crippen molar-refractivity contribution in [3.63, 3.8) is 0 Å². The first kappa shape index (κ1) is 16.9. The van der Waals surface area contributed by atoms with Gasteiger partial charge in [-0.3, -0.25) is 4.79 Å². The summed E-state index contributed by atoms with van der Waals surface area (Å²) in [4.78, 5) is 17.0. The Morgan fingerprint density at radius 3 is 2.75 bits per heavy atom. The maximum Gasteiger partial charge on any atom is 0.264 e. The highest BCUT2D eigenvalue weighted by atomic mass is 35.5. The largest absolute Gasteiger partial charge is 0.506 e. The second-order valence-corrected chi connectivity index (χ2v) is 6.92. The molecule has 0 unspecified atom stereocenters. The highest BCUT2D eigenvalue weighted by Gasteiger charge is 2.24. The number of aliphatic imine (C=N–C) groups is 1. The summed E-state index contributed by atoms with van der Waals surface area (Å²) in [6.45, 7) is 1.87. The van der Waals surface area contributed by atoms with Gasteiger partial charge >= 0.3 is 0 Å². The Kier molecular flexibility index (Phi) is 4.85. The lowest BCUT2D eigenvalue weighted by Gasteiger charge is -2.02. The second-order valence-electron chi connectivity index (χ2n) is 5.08. The predicted molar refractivity (Wildman–Crippen MR) is 100 cm³/mol. The third-order valence-corrected chi connectivity index (χ3v) is 5.00. The van der Waals surface area contributed by atoms with E-state index in [1.807, 2.05) is 19.1 Å². The summed E-state index contributed by atoms with van der Waals surface area (Å²) >= 11 is 13.2. The normalized spacial score (nSPS) is 17.5. The number of nitrogens with one attached hydrogen (secondary N) is 1. The first-order valence-corrected chi connectivity index (χ1v) is 8.54. The molecule has 0 radical (unpaired) electrons. The first-order valence-electron chi connectivity index (χ1n) is 6.97. The van der Waals surface area contributed by atoms with E-state index in [0.717, 1.165) is 11.1 Å². The van der Waals surface area contributed by atoms with Gasteiger partial charge in [0, 0.05) is 5.02 Å². The Labute approximate surface area is 153 Å². The van der Waals surface area contributed by atoms with Crippen LogP contribution < -0.4 is 5.32 Å². The van der Waals surface area contributed by atoms with E-state index in [9.17, 15) is 9.90 Å². The van der Waals surface area contributed by atoms with Crippen LogP contribution in [-0.2, 0) is 4.79 Å². The third kappa shape index (κ3) is 3.59. The summed E-state index contributed by atoms with van der Waals surface area (Å²) in [6.07, 6.45) is 1.69. The number of aromatic hydroxyl groups is 1. The number of hydrogen-bond donors (Lipinski definition) is 2. The Bertz CT molecular complexity index is 894. The van der Waals surface area contributed by atoms with Crippen molar-refractivity contribution in [3.05, 3.63) is 62.5 Å². The minimum absolute atomic E-state index is 0.000950. The number of amidine groups is 1. The van der Waals surface area contributed by atoms with Crippen molar-refractivity contribution in [2.75, 3.05) is 0 Å². The van der Waals surface area contributed by atoms with E-state index in [-0.39, 0.29) is 16.7 Å². The average Bonchev–Trinajstić information content (AvgIpc) is 2.87. The molecule has 4 nitrogen and oxygen atoms in total. The van der Waals surface area contributed by atoms with Crippen LogP contribution >= 0.6 is 35.0 Å². The van der Waals surface area contributed by atoms with Gasteiger partial charge in [0.15, 0.2) is 5.17 Å². The molecule has 0 bridgehead atoms. The van der Waals surface area contributed by atoms with Gasteiger partial charge in [-0.15, -0.1) is 0 Å². The van der Waals surface area contributed by atoms with Crippen molar-refractivity contribution >= 4 is 57.8 Å². The van der Waals surface area contributed by atoms with E-state index in [1.54, 1.807) is 24.3 Å². The summed E-state index contributed by atoms with van der Waals surface area (Å²) in [5, 5.41) is 13.5. The SMILES string of the molecule is Cc1c(Cl)cccc1N=C1NC(=O)/C(=C/c2ccc(O)c(Cl)c2)S1. The minimum atomic E-state index is -0.234. The fourth-order valence-electron chi connectivity index (χ4n) is 2.07. The molecule has 24 heavy (non-hydrogen) atoms. The van der Waals surface area contributed by atoms with Crippen LogP contribution in [-0.4, -0.2) is 16.2 Å². The number of halogens is 2.